The topological polar surface area (TPSA) is 95.2 Å². The van der Waals surface area contributed by atoms with Crippen molar-refractivity contribution in [2.24, 2.45) is 14.1 Å². The van der Waals surface area contributed by atoms with Crippen LogP contribution in [0.25, 0.3) is 11.0 Å². The Kier molecular flexibility index (Phi) is 5.18. The molecular formula is C19H20N4O4. The number of amides is 1. The molecular weight excluding hydrogens is 348 g/mol. The third-order valence-corrected chi connectivity index (χ3v) is 4.26. The summed E-state index contributed by atoms with van der Waals surface area (Å²) >= 11 is 0. The summed E-state index contributed by atoms with van der Waals surface area (Å²) in [5.74, 6) is -0.436. The maximum atomic E-state index is 12.6. The number of fused-ring (bicyclic) bond motifs is 1. The highest BCUT2D eigenvalue weighted by atomic mass is 16.5. The lowest BCUT2D eigenvalue weighted by Gasteiger charge is -2.12. The van der Waals surface area contributed by atoms with Gasteiger partial charge in [-0.05, 0) is 25.1 Å². The van der Waals surface area contributed by atoms with Crippen LogP contribution in [-0.4, -0.2) is 26.6 Å². The molecule has 0 saturated heterocycles. The number of para-hydroxylation sites is 1. The van der Waals surface area contributed by atoms with E-state index in [1.165, 1.54) is 30.8 Å². The van der Waals surface area contributed by atoms with Crippen molar-refractivity contribution in [3.63, 3.8) is 0 Å². The van der Waals surface area contributed by atoms with Gasteiger partial charge in [-0.1, -0.05) is 18.2 Å². The van der Waals surface area contributed by atoms with Crippen LogP contribution in [0.3, 0.4) is 0 Å². The summed E-state index contributed by atoms with van der Waals surface area (Å²) in [5.41, 5.74) is 0.787. The van der Waals surface area contributed by atoms with Crippen LogP contribution < -0.4 is 16.6 Å². The zero-order valence-electron chi connectivity index (χ0n) is 15.4. The SMILES string of the molecule is CCOCc1ccccc1NC(=O)c1ccc2c(=O)n(C)c(=O)n(C)c2n1. The van der Waals surface area contributed by atoms with Gasteiger partial charge in [0.2, 0.25) is 0 Å². The minimum atomic E-state index is -0.500. The van der Waals surface area contributed by atoms with Gasteiger partial charge in [-0.15, -0.1) is 0 Å². The Labute approximate surface area is 155 Å². The number of anilines is 1. The average Bonchev–Trinajstić information content (AvgIpc) is 2.69. The largest absolute Gasteiger partial charge is 0.377 e. The Morgan fingerprint density at radius 2 is 1.85 bits per heavy atom. The van der Waals surface area contributed by atoms with E-state index in [9.17, 15) is 14.4 Å². The Hall–Kier alpha value is -3.26. The van der Waals surface area contributed by atoms with Crippen molar-refractivity contribution in [1.82, 2.24) is 14.1 Å². The van der Waals surface area contributed by atoms with Crippen LogP contribution in [-0.2, 0) is 25.4 Å². The molecule has 1 N–H and O–H groups in total. The standard InChI is InChI=1S/C19H20N4O4/c1-4-27-11-12-7-5-6-8-14(12)21-17(24)15-10-9-13-16(20-15)22(2)19(26)23(3)18(13)25/h5-10H,4,11H2,1-3H3,(H,21,24). The van der Waals surface area contributed by atoms with Gasteiger partial charge in [-0.3, -0.25) is 18.7 Å². The van der Waals surface area contributed by atoms with Crippen LogP contribution in [0.5, 0.6) is 0 Å². The average molecular weight is 368 g/mol. The van der Waals surface area contributed by atoms with Crippen LogP contribution >= 0.6 is 0 Å². The van der Waals surface area contributed by atoms with E-state index in [0.29, 0.717) is 18.9 Å². The molecule has 3 aromatic rings. The molecule has 27 heavy (non-hydrogen) atoms. The van der Waals surface area contributed by atoms with Gasteiger partial charge >= 0.3 is 5.69 Å². The minimum absolute atomic E-state index is 0.108. The van der Waals surface area contributed by atoms with E-state index < -0.39 is 17.2 Å². The van der Waals surface area contributed by atoms with E-state index in [-0.39, 0.29) is 16.7 Å². The number of hydrogen-bond acceptors (Lipinski definition) is 5. The number of pyridine rings is 1. The van der Waals surface area contributed by atoms with Gasteiger partial charge in [0.1, 0.15) is 11.3 Å². The fraction of sp³-hybridized carbons (Fsp3) is 0.263. The lowest BCUT2D eigenvalue weighted by molar-refractivity contribution is 0.102. The number of hydrogen-bond donors (Lipinski definition) is 1. The molecule has 2 aromatic heterocycles. The number of benzene rings is 1. The zero-order valence-corrected chi connectivity index (χ0v) is 15.4. The molecule has 0 saturated carbocycles. The number of rotatable bonds is 5. The number of carbonyl (C=O) groups excluding carboxylic acids is 1. The molecule has 8 heteroatoms. The second-order valence-corrected chi connectivity index (χ2v) is 6.02. The van der Waals surface area contributed by atoms with E-state index in [1.54, 1.807) is 6.07 Å². The van der Waals surface area contributed by atoms with E-state index in [4.69, 9.17) is 4.74 Å². The van der Waals surface area contributed by atoms with Crippen molar-refractivity contribution in [2.45, 2.75) is 13.5 Å². The molecule has 1 aromatic carbocycles. The number of aromatic nitrogens is 3. The molecule has 0 unspecified atom stereocenters. The quantitative estimate of drug-likeness (QED) is 0.735. The first kappa shape index (κ1) is 18.5. The summed E-state index contributed by atoms with van der Waals surface area (Å²) in [7, 11) is 2.91. The van der Waals surface area contributed by atoms with E-state index >= 15 is 0 Å². The van der Waals surface area contributed by atoms with Gasteiger partial charge in [-0.2, -0.15) is 0 Å². The second-order valence-electron chi connectivity index (χ2n) is 6.02. The van der Waals surface area contributed by atoms with Crippen molar-refractivity contribution in [3.8, 4) is 0 Å². The van der Waals surface area contributed by atoms with Crippen molar-refractivity contribution >= 4 is 22.6 Å². The van der Waals surface area contributed by atoms with Crippen molar-refractivity contribution in [2.75, 3.05) is 11.9 Å². The third-order valence-electron chi connectivity index (χ3n) is 4.26. The highest BCUT2D eigenvalue weighted by Gasteiger charge is 2.15. The predicted molar refractivity (Wildman–Crippen MR) is 102 cm³/mol. The summed E-state index contributed by atoms with van der Waals surface area (Å²) in [5, 5.41) is 3.08. The van der Waals surface area contributed by atoms with Crippen LogP contribution in [0, 0.1) is 0 Å². The smallest absolute Gasteiger partial charge is 0.332 e. The fourth-order valence-corrected chi connectivity index (χ4v) is 2.75. The highest BCUT2D eigenvalue weighted by molar-refractivity contribution is 6.04. The lowest BCUT2D eigenvalue weighted by atomic mass is 10.2. The fourth-order valence-electron chi connectivity index (χ4n) is 2.75. The second kappa shape index (κ2) is 7.55. The van der Waals surface area contributed by atoms with E-state index in [0.717, 1.165) is 10.1 Å². The Bertz CT molecular complexity index is 1130. The van der Waals surface area contributed by atoms with Crippen LogP contribution in [0.1, 0.15) is 23.0 Å². The molecule has 0 aliphatic carbocycles. The van der Waals surface area contributed by atoms with Crippen LogP contribution in [0.15, 0.2) is 46.0 Å². The van der Waals surface area contributed by atoms with Crippen molar-refractivity contribution in [3.05, 3.63) is 68.5 Å². The Morgan fingerprint density at radius 1 is 1.11 bits per heavy atom. The van der Waals surface area contributed by atoms with Gasteiger partial charge in [0, 0.05) is 32.0 Å². The zero-order chi connectivity index (χ0) is 19.6. The molecule has 0 aliphatic rings. The summed E-state index contributed by atoms with van der Waals surface area (Å²) in [6.45, 7) is 2.84. The summed E-state index contributed by atoms with van der Waals surface area (Å²) < 4.78 is 7.67. The molecule has 0 radical (unpaired) electrons. The molecule has 2 heterocycles. The van der Waals surface area contributed by atoms with Gasteiger partial charge < -0.3 is 10.1 Å². The third kappa shape index (κ3) is 3.52. The van der Waals surface area contributed by atoms with Gasteiger partial charge in [0.25, 0.3) is 11.5 Å². The molecule has 140 valence electrons. The first-order chi connectivity index (χ1) is 12.9. The van der Waals surface area contributed by atoms with Gasteiger partial charge in [-0.25, -0.2) is 9.78 Å². The molecule has 1 amide bonds. The van der Waals surface area contributed by atoms with E-state index in [2.05, 4.69) is 10.3 Å². The van der Waals surface area contributed by atoms with Gasteiger partial charge in [0.05, 0.1) is 12.0 Å². The molecule has 0 bridgehead atoms. The molecule has 8 nitrogen and oxygen atoms in total. The molecule has 0 atom stereocenters. The number of nitrogens with one attached hydrogen (secondary N) is 1. The Balaban J connectivity index is 1.98. The number of carbonyl (C=O) groups is 1. The van der Waals surface area contributed by atoms with Gasteiger partial charge in [0.15, 0.2) is 0 Å². The van der Waals surface area contributed by atoms with Crippen molar-refractivity contribution < 1.29 is 9.53 Å². The number of ether oxygens (including phenoxy) is 1. The molecule has 3 rings (SSSR count). The number of aryl methyl sites for hydroxylation is 1. The summed E-state index contributed by atoms with van der Waals surface area (Å²) in [6.07, 6.45) is 0. The maximum Gasteiger partial charge on any atom is 0.332 e. The minimum Gasteiger partial charge on any atom is -0.377 e. The van der Waals surface area contributed by atoms with E-state index in [1.807, 2.05) is 25.1 Å². The van der Waals surface area contributed by atoms with Crippen molar-refractivity contribution in [1.29, 1.82) is 0 Å². The Morgan fingerprint density at radius 3 is 2.59 bits per heavy atom. The summed E-state index contributed by atoms with van der Waals surface area (Å²) in [6, 6.07) is 10.3. The first-order valence-electron chi connectivity index (χ1n) is 8.47. The molecule has 0 fully saturated rings. The van der Waals surface area contributed by atoms with Crippen LogP contribution in [0.4, 0.5) is 5.69 Å². The lowest BCUT2D eigenvalue weighted by Crippen LogP contribution is -2.37. The summed E-state index contributed by atoms with van der Waals surface area (Å²) in [4.78, 5) is 41.2. The first-order valence-corrected chi connectivity index (χ1v) is 8.47. The predicted octanol–water partition coefficient (Wildman–Crippen LogP) is 1.42. The maximum absolute atomic E-state index is 12.6. The van der Waals surface area contributed by atoms with Crippen LogP contribution in [0.2, 0.25) is 0 Å². The molecule has 0 aliphatic heterocycles. The molecule has 0 spiro atoms. The normalized spacial score (nSPS) is 10.9. The number of nitrogens with zero attached hydrogens (tertiary/aromatic N) is 3. The monoisotopic (exact) mass is 368 g/mol. The highest BCUT2D eigenvalue weighted by Crippen LogP contribution is 2.17.